The number of ketones is 1. The van der Waals surface area contributed by atoms with Gasteiger partial charge in [-0.05, 0) is 5.92 Å². The number of carbonyl (C=O) groups excluding carboxylic acids is 1. The van der Waals surface area contributed by atoms with Gasteiger partial charge in [-0.1, -0.05) is 71.9 Å². The van der Waals surface area contributed by atoms with Crippen LogP contribution in [0.15, 0.2) is 30.3 Å². The van der Waals surface area contributed by atoms with Crippen LogP contribution in [-0.2, 0) is 0 Å². The number of rotatable bonds is 3. The Labute approximate surface area is 101 Å². The van der Waals surface area contributed by atoms with Crippen molar-refractivity contribution in [3.8, 4) is 0 Å². The van der Waals surface area contributed by atoms with E-state index < -0.39 is 0 Å². The van der Waals surface area contributed by atoms with Gasteiger partial charge in [-0.3, -0.25) is 4.79 Å². The molecule has 0 unspecified atom stereocenters. The van der Waals surface area contributed by atoms with Gasteiger partial charge in [-0.2, -0.15) is 0 Å². The normalized spacial score (nSPS) is 8.44. The Morgan fingerprint density at radius 1 is 1.00 bits per heavy atom. The summed E-state index contributed by atoms with van der Waals surface area (Å²) in [7, 11) is 0. The number of Topliss-reactive ketones (excluding diaryl/α,β-unsaturated/α-hetero) is 1. The van der Waals surface area contributed by atoms with E-state index in [1.165, 1.54) is 0 Å². The number of hydrogen-bond donors (Lipinski definition) is 0. The lowest BCUT2D eigenvalue weighted by Gasteiger charge is -2.02. The molecule has 0 atom stereocenters. The first-order valence-corrected chi connectivity index (χ1v) is 6.28. The van der Waals surface area contributed by atoms with Crippen LogP contribution in [0.5, 0.6) is 0 Å². The fraction of sp³-hybridized carbons (Fsp3) is 0.533. The molecule has 0 fully saturated rings. The quantitative estimate of drug-likeness (QED) is 0.660. The van der Waals surface area contributed by atoms with E-state index in [1.807, 2.05) is 58.0 Å². The SMILES string of the molecule is CC.CC.CC(C)CC(=O)c1ccccc1. The zero-order valence-electron chi connectivity index (χ0n) is 11.6. The molecule has 16 heavy (non-hydrogen) atoms. The van der Waals surface area contributed by atoms with Gasteiger partial charge in [-0.25, -0.2) is 0 Å². The van der Waals surface area contributed by atoms with Gasteiger partial charge in [-0.15, -0.1) is 0 Å². The summed E-state index contributed by atoms with van der Waals surface area (Å²) in [5.41, 5.74) is 0.825. The number of hydrogen-bond acceptors (Lipinski definition) is 1. The molecule has 0 N–H and O–H groups in total. The van der Waals surface area contributed by atoms with Gasteiger partial charge in [0.1, 0.15) is 0 Å². The first-order chi connectivity index (χ1) is 7.70. The minimum atomic E-state index is 0.241. The van der Waals surface area contributed by atoms with Crippen molar-refractivity contribution in [1.82, 2.24) is 0 Å². The van der Waals surface area contributed by atoms with Gasteiger partial charge < -0.3 is 0 Å². The molecule has 1 heteroatoms. The van der Waals surface area contributed by atoms with E-state index in [1.54, 1.807) is 0 Å². The van der Waals surface area contributed by atoms with Crippen molar-refractivity contribution in [2.45, 2.75) is 48.0 Å². The average Bonchev–Trinajstić information content (AvgIpc) is 2.34. The third-order valence-electron chi connectivity index (χ3n) is 1.69. The highest BCUT2D eigenvalue weighted by atomic mass is 16.1. The van der Waals surface area contributed by atoms with Gasteiger partial charge in [0.2, 0.25) is 0 Å². The van der Waals surface area contributed by atoms with Crippen molar-refractivity contribution < 1.29 is 4.79 Å². The van der Waals surface area contributed by atoms with Crippen LogP contribution >= 0.6 is 0 Å². The van der Waals surface area contributed by atoms with Gasteiger partial charge in [0, 0.05) is 12.0 Å². The second-order valence-corrected chi connectivity index (χ2v) is 3.39. The third kappa shape index (κ3) is 8.22. The maximum absolute atomic E-state index is 11.5. The van der Waals surface area contributed by atoms with E-state index in [9.17, 15) is 4.79 Å². The van der Waals surface area contributed by atoms with Gasteiger partial charge >= 0.3 is 0 Å². The maximum atomic E-state index is 11.5. The van der Waals surface area contributed by atoms with Crippen molar-refractivity contribution in [3.05, 3.63) is 35.9 Å². The first kappa shape index (κ1) is 17.3. The van der Waals surface area contributed by atoms with E-state index in [0.717, 1.165) is 5.56 Å². The van der Waals surface area contributed by atoms with Gasteiger partial charge in [0.25, 0.3) is 0 Å². The van der Waals surface area contributed by atoms with Crippen LogP contribution in [0, 0.1) is 5.92 Å². The Morgan fingerprint density at radius 3 is 1.81 bits per heavy atom. The van der Waals surface area contributed by atoms with Crippen molar-refractivity contribution in [2.75, 3.05) is 0 Å². The Kier molecular flexibility index (Phi) is 12.9. The van der Waals surface area contributed by atoms with Crippen molar-refractivity contribution in [2.24, 2.45) is 5.92 Å². The van der Waals surface area contributed by atoms with E-state index in [4.69, 9.17) is 0 Å². The smallest absolute Gasteiger partial charge is 0.163 e. The standard InChI is InChI=1S/C11H14O.2C2H6/c1-9(2)8-11(12)10-6-4-3-5-7-10;2*1-2/h3-7,9H,8H2,1-2H3;2*1-2H3. The Balaban J connectivity index is 0. The van der Waals surface area contributed by atoms with E-state index >= 15 is 0 Å². The molecule has 1 aromatic rings. The molecule has 0 amide bonds. The van der Waals surface area contributed by atoms with Crippen molar-refractivity contribution in [1.29, 1.82) is 0 Å². The van der Waals surface area contributed by atoms with Crippen LogP contribution in [0.4, 0.5) is 0 Å². The molecule has 92 valence electrons. The molecular weight excluding hydrogens is 196 g/mol. The Bertz CT molecular complexity index is 249. The maximum Gasteiger partial charge on any atom is 0.163 e. The lowest BCUT2D eigenvalue weighted by Crippen LogP contribution is -2.02. The topological polar surface area (TPSA) is 17.1 Å². The fourth-order valence-electron chi connectivity index (χ4n) is 1.11. The monoisotopic (exact) mass is 222 g/mol. The molecule has 0 heterocycles. The summed E-state index contributed by atoms with van der Waals surface area (Å²) in [6.45, 7) is 12.1. The molecule has 0 aromatic heterocycles. The molecule has 0 bridgehead atoms. The van der Waals surface area contributed by atoms with Crippen LogP contribution in [0.2, 0.25) is 0 Å². The van der Waals surface area contributed by atoms with Crippen LogP contribution in [0.3, 0.4) is 0 Å². The Morgan fingerprint density at radius 2 is 1.44 bits per heavy atom. The fourth-order valence-corrected chi connectivity index (χ4v) is 1.11. The highest BCUT2D eigenvalue weighted by Crippen LogP contribution is 2.08. The molecule has 0 spiro atoms. The summed E-state index contributed by atoms with van der Waals surface area (Å²) < 4.78 is 0. The van der Waals surface area contributed by atoms with Crippen LogP contribution < -0.4 is 0 Å². The molecule has 0 aliphatic heterocycles. The minimum absolute atomic E-state index is 0.241. The Hall–Kier alpha value is -1.11. The third-order valence-corrected chi connectivity index (χ3v) is 1.69. The zero-order valence-corrected chi connectivity index (χ0v) is 11.6. The zero-order chi connectivity index (χ0) is 13.0. The van der Waals surface area contributed by atoms with Crippen molar-refractivity contribution in [3.63, 3.8) is 0 Å². The van der Waals surface area contributed by atoms with Gasteiger partial charge in [0.15, 0.2) is 5.78 Å². The van der Waals surface area contributed by atoms with Crippen LogP contribution in [-0.4, -0.2) is 5.78 Å². The van der Waals surface area contributed by atoms with Crippen LogP contribution in [0.1, 0.15) is 58.3 Å². The number of carbonyl (C=O) groups is 1. The highest BCUT2D eigenvalue weighted by molar-refractivity contribution is 5.96. The predicted molar refractivity (Wildman–Crippen MR) is 72.9 cm³/mol. The second kappa shape index (κ2) is 12.0. The largest absolute Gasteiger partial charge is 0.294 e. The summed E-state index contributed by atoms with van der Waals surface area (Å²) >= 11 is 0. The van der Waals surface area contributed by atoms with E-state index in [-0.39, 0.29) is 5.78 Å². The molecule has 0 saturated heterocycles. The summed E-state index contributed by atoms with van der Waals surface area (Å²) in [6, 6.07) is 9.45. The lowest BCUT2D eigenvalue weighted by atomic mass is 10.0. The molecule has 1 aromatic carbocycles. The first-order valence-electron chi connectivity index (χ1n) is 6.28. The van der Waals surface area contributed by atoms with Crippen LogP contribution in [0.25, 0.3) is 0 Å². The molecule has 0 aliphatic rings. The molecule has 0 aliphatic carbocycles. The highest BCUT2D eigenvalue weighted by Gasteiger charge is 2.06. The molecule has 1 nitrogen and oxygen atoms in total. The van der Waals surface area contributed by atoms with E-state index in [2.05, 4.69) is 13.8 Å². The molecule has 0 saturated carbocycles. The predicted octanol–water partition coefficient (Wildman–Crippen LogP) is 4.97. The van der Waals surface area contributed by atoms with Gasteiger partial charge in [0.05, 0.1) is 0 Å². The summed E-state index contributed by atoms with van der Waals surface area (Å²) in [4.78, 5) is 11.5. The average molecular weight is 222 g/mol. The van der Waals surface area contributed by atoms with Crippen molar-refractivity contribution >= 4 is 5.78 Å². The second-order valence-electron chi connectivity index (χ2n) is 3.39. The van der Waals surface area contributed by atoms with E-state index in [0.29, 0.717) is 12.3 Å². The molecule has 1 rings (SSSR count). The lowest BCUT2D eigenvalue weighted by molar-refractivity contribution is 0.0968. The number of benzene rings is 1. The summed E-state index contributed by atoms with van der Waals surface area (Å²) in [6.07, 6.45) is 0.643. The molecule has 0 radical (unpaired) electrons. The minimum Gasteiger partial charge on any atom is -0.294 e. The summed E-state index contributed by atoms with van der Waals surface area (Å²) in [5.74, 6) is 0.684. The summed E-state index contributed by atoms with van der Waals surface area (Å²) in [5, 5.41) is 0. The molecular formula is C15H26O.